The van der Waals surface area contributed by atoms with E-state index in [1.807, 2.05) is 17.0 Å². The molecule has 2 aromatic carbocycles. The highest BCUT2D eigenvalue weighted by molar-refractivity contribution is 6.32. The van der Waals surface area contributed by atoms with Gasteiger partial charge in [0, 0.05) is 19.7 Å². The number of carbonyl (C=O) groups is 2. The molecule has 0 radical (unpaired) electrons. The van der Waals surface area contributed by atoms with Gasteiger partial charge in [-0.15, -0.1) is 0 Å². The van der Waals surface area contributed by atoms with Gasteiger partial charge in [0.15, 0.2) is 11.5 Å². The molecular formula is C20H22ClN3O4. The first kappa shape index (κ1) is 19.8. The van der Waals surface area contributed by atoms with Crippen LogP contribution in [0.1, 0.15) is 22.1 Å². The van der Waals surface area contributed by atoms with Crippen LogP contribution in [0.3, 0.4) is 0 Å². The van der Waals surface area contributed by atoms with Gasteiger partial charge in [-0.2, -0.15) is 0 Å². The van der Waals surface area contributed by atoms with Crippen LogP contribution in [-0.4, -0.2) is 51.6 Å². The maximum atomic E-state index is 13.0. The second kappa shape index (κ2) is 7.98. The van der Waals surface area contributed by atoms with Crippen molar-refractivity contribution < 1.29 is 19.1 Å². The second-order valence-electron chi connectivity index (χ2n) is 6.35. The number of methoxy groups -OCH3 is 2. The first-order valence-corrected chi connectivity index (χ1v) is 9.05. The molecule has 1 heterocycles. The number of nitrogens with zero attached hydrogens (tertiary/aromatic N) is 2. The zero-order valence-electron chi connectivity index (χ0n) is 16.2. The number of hydrogen-bond acceptors (Lipinski definition) is 5. The summed E-state index contributed by atoms with van der Waals surface area (Å²) < 4.78 is 10.7. The molecule has 0 aliphatic carbocycles. The minimum absolute atomic E-state index is 0.0712. The molecule has 0 bridgehead atoms. The average molecular weight is 404 g/mol. The fraction of sp³-hybridized carbons (Fsp3) is 0.300. The molecule has 28 heavy (non-hydrogen) atoms. The summed E-state index contributed by atoms with van der Waals surface area (Å²) in [7, 11) is 6.30. The number of ether oxygens (including phenoxy) is 2. The Balaban J connectivity index is 2.18. The Morgan fingerprint density at radius 3 is 2.57 bits per heavy atom. The molecule has 0 aromatic heterocycles. The number of amides is 2. The van der Waals surface area contributed by atoms with Gasteiger partial charge in [0.1, 0.15) is 6.17 Å². The van der Waals surface area contributed by atoms with Gasteiger partial charge in [0.05, 0.1) is 37.0 Å². The van der Waals surface area contributed by atoms with Crippen molar-refractivity contribution in [3.8, 4) is 11.5 Å². The van der Waals surface area contributed by atoms with Crippen LogP contribution in [0.5, 0.6) is 11.5 Å². The molecule has 1 aliphatic rings. The lowest BCUT2D eigenvalue weighted by atomic mass is 10.0. The van der Waals surface area contributed by atoms with Crippen LogP contribution in [-0.2, 0) is 4.79 Å². The van der Waals surface area contributed by atoms with Crippen LogP contribution in [0.15, 0.2) is 36.4 Å². The van der Waals surface area contributed by atoms with Gasteiger partial charge in [-0.05, 0) is 24.3 Å². The summed E-state index contributed by atoms with van der Waals surface area (Å²) in [5.74, 6) is 0.550. The zero-order chi connectivity index (χ0) is 20.4. The summed E-state index contributed by atoms with van der Waals surface area (Å²) in [5.41, 5.74) is 1.93. The van der Waals surface area contributed by atoms with E-state index in [0.717, 1.165) is 0 Å². The van der Waals surface area contributed by atoms with E-state index in [1.165, 1.54) is 14.2 Å². The third-order valence-electron chi connectivity index (χ3n) is 4.77. The first-order valence-electron chi connectivity index (χ1n) is 8.67. The van der Waals surface area contributed by atoms with E-state index in [4.69, 9.17) is 21.1 Å². The van der Waals surface area contributed by atoms with Crippen LogP contribution in [0.25, 0.3) is 0 Å². The van der Waals surface area contributed by atoms with E-state index in [0.29, 0.717) is 33.3 Å². The van der Waals surface area contributed by atoms with Crippen molar-refractivity contribution >= 4 is 29.1 Å². The maximum absolute atomic E-state index is 13.0. The Morgan fingerprint density at radius 1 is 1.21 bits per heavy atom. The lowest BCUT2D eigenvalue weighted by Crippen LogP contribution is -2.50. The Kier molecular flexibility index (Phi) is 5.65. The van der Waals surface area contributed by atoms with Crippen molar-refractivity contribution in [2.45, 2.75) is 6.17 Å². The number of halogens is 1. The highest BCUT2D eigenvalue weighted by Gasteiger charge is 2.37. The number of anilines is 1. The predicted molar refractivity (Wildman–Crippen MR) is 107 cm³/mol. The standard InChI is InChI=1S/C20H22ClN3O4/c1-22-17(25)11-24-15-8-6-5-7-13(15)20(26)23(2)19(24)12-9-14(21)18(28-4)16(10-12)27-3/h5-10,19H,11H2,1-4H3,(H,22,25). The lowest BCUT2D eigenvalue weighted by molar-refractivity contribution is -0.119. The van der Waals surface area contributed by atoms with Gasteiger partial charge in [0.25, 0.3) is 5.91 Å². The van der Waals surface area contributed by atoms with E-state index < -0.39 is 6.17 Å². The predicted octanol–water partition coefficient (Wildman–Crippen LogP) is 2.69. The number of carbonyl (C=O) groups excluding carboxylic acids is 2. The van der Waals surface area contributed by atoms with Gasteiger partial charge in [-0.1, -0.05) is 23.7 Å². The summed E-state index contributed by atoms with van der Waals surface area (Å²) in [6.07, 6.45) is -0.544. The van der Waals surface area contributed by atoms with Crippen molar-refractivity contribution in [3.05, 3.63) is 52.5 Å². The van der Waals surface area contributed by atoms with E-state index in [1.54, 1.807) is 43.3 Å². The van der Waals surface area contributed by atoms with Crippen molar-refractivity contribution in [2.75, 3.05) is 39.8 Å². The van der Waals surface area contributed by atoms with Crippen LogP contribution in [0, 0.1) is 0 Å². The van der Waals surface area contributed by atoms with Gasteiger partial charge in [-0.3, -0.25) is 9.59 Å². The SMILES string of the molecule is CNC(=O)CN1c2ccccc2C(=O)N(C)C1c1cc(Cl)c(OC)c(OC)c1. The van der Waals surface area contributed by atoms with E-state index in [2.05, 4.69) is 5.32 Å². The summed E-state index contributed by atoms with van der Waals surface area (Å²) >= 11 is 6.39. The van der Waals surface area contributed by atoms with Crippen LogP contribution in [0.2, 0.25) is 5.02 Å². The van der Waals surface area contributed by atoms with Crippen molar-refractivity contribution in [1.29, 1.82) is 0 Å². The number of para-hydroxylation sites is 1. The van der Waals surface area contributed by atoms with Crippen LogP contribution < -0.4 is 19.7 Å². The molecule has 1 atom stereocenters. The number of rotatable bonds is 5. The Hall–Kier alpha value is -2.93. The molecule has 1 N–H and O–H groups in total. The number of nitrogens with one attached hydrogen (secondary N) is 1. The smallest absolute Gasteiger partial charge is 0.257 e. The summed E-state index contributed by atoms with van der Waals surface area (Å²) in [5, 5.41) is 3.00. The molecule has 0 fully saturated rings. The van der Waals surface area contributed by atoms with Gasteiger partial charge < -0.3 is 24.6 Å². The molecular weight excluding hydrogens is 382 g/mol. The largest absolute Gasteiger partial charge is 0.493 e. The fourth-order valence-corrected chi connectivity index (χ4v) is 3.74. The third-order valence-corrected chi connectivity index (χ3v) is 5.05. The monoisotopic (exact) mass is 403 g/mol. The fourth-order valence-electron chi connectivity index (χ4n) is 3.44. The van der Waals surface area contributed by atoms with Crippen LogP contribution >= 0.6 is 11.6 Å². The minimum atomic E-state index is -0.544. The topological polar surface area (TPSA) is 71.1 Å². The van der Waals surface area contributed by atoms with E-state index in [-0.39, 0.29) is 18.4 Å². The second-order valence-corrected chi connectivity index (χ2v) is 6.75. The highest BCUT2D eigenvalue weighted by Crippen LogP contribution is 2.43. The van der Waals surface area contributed by atoms with Crippen molar-refractivity contribution in [3.63, 3.8) is 0 Å². The van der Waals surface area contributed by atoms with Crippen LogP contribution in [0.4, 0.5) is 5.69 Å². The van der Waals surface area contributed by atoms with E-state index >= 15 is 0 Å². The normalized spacial score (nSPS) is 15.9. The minimum Gasteiger partial charge on any atom is -0.493 e. The Morgan fingerprint density at radius 2 is 1.93 bits per heavy atom. The molecule has 148 valence electrons. The Labute approximate surface area is 168 Å². The third kappa shape index (κ3) is 3.33. The zero-order valence-corrected chi connectivity index (χ0v) is 16.9. The average Bonchev–Trinajstić information content (AvgIpc) is 2.71. The van der Waals surface area contributed by atoms with Gasteiger partial charge >= 0.3 is 0 Å². The molecule has 7 nitrogen and oxygen atoms in total. The maximum Gasteiger partial charge on any atom is 0.257 e. The molecule has 8 heteroatoms. The lowest BCUT2D eigenvalue weighted by Gasteiger charge is -2.44. The van der Waals surface area contributed by atoms with Gasteiger partial charge in [0.2, 0.25) is 5.91 Å². The number of likely N-dealkylation sites (N-methyl/N-ethyl adjacent to an activating group) is 1. The van der Waals surface area contributed by atoms with Crippen molar-refractivity contribution in [2.24, 2.45) is 0 Å². The molecule has 2 amide bonds. The quantitative estimate of drug-likeness (QED) is 0.831. The van der Waals surface area contributed by atoms with Gasteiger partial charge in [-0.25, -0.2) is 0 Å². The summed E-state index contributed by atoms with van der Waals surface area (Å²) in [4.78, 5) is 28.6. The Bertz CT molecular complexity index is 918. The number of hydrogen-bond donors (Lipinski definition) is 1. The van der Waals surface area contributed by atoms with E-state index in [9.17, 15) is 9.59 Å². The molecule has 1 aliphatic heterocycles. The first-order chi connectivity index (χ1) is 13.4. The molecule has 2 aromatic rings. The molecule has 0 saturated heterocycles. The molecule has 3 rings (SSSR count). The van der Waals surface area contributed by atoms with Crippen molar-refractivity contribution in [1.82, 2.24) is 10.2 Å². The number of benzene rings is 2. The molecule has 0 spiro atoms. The highest BCUT2D eigenvalue weighted by atomic mass is 35.5. The molecule has 1 unspecified atom stereocenters. The summed E-state index contributed by atoms with van der Waals surface area (Å²) in [6.45, 7) is 0.0712. The number of fused-ring (bicyclic) bond motifs is 1. The summed E-state index contributed by atoms with van der Waals surface area (Å²) in [6, 6.07) is 10.7. The molecule has 0 saturated carbocycles.